The van der Waals surface area contributed by atoms with Crippen LogP contribution in [0.15, 0.2) is 6.20 Å². The van der Waals surface area contributed by atoms with Gasteiger partial charge in [0.25, 0.3) is 0 Å². The SMILES string of the molecule is COC(=O)c1cnc(NCC2(SC)CCC2)s1. The Labute approximate surface area is 109 Å². The highest BCUT2D eigenvalue weighted by atomic mass is 32.2. The van der Waals surface area contributed by atoms with Crippen LogP contribution in [0.3, 0.4) is 0 Å². The molecule has 0 atom stereocenters. The summed E-state index contributed by atoms with van der Waals surface area (Å²) in [5.41, 5.74) is 0. The van der Waals surface area contributed by atoms with Crippen molar-refractivity contribution in [3.63, 3.8) is 0 Å². The van der Waals surface area contributed by atoms with Gasteiger partial charge in [-0.25, -0.2) is 9.78 Å². The summed E-state index contributed by atoms with van der Waals surface area (Å²) >= 11 is 3.26. The van der Waals surface area contributed by atoms with Crippen LogP contribution in [-0.4, -0.2) is 35.6 Å². The number of aromatic nitrogens is 1. The number of carbonyl (C=O) groups is 1. The first-order valence-corrected chi connectivity index (χ1v) is 7.56. The Balaban J connectivity index is 1.91. The standard InChI is InChI=1S/C11H16N2O2S2/c1-15-9(14)8-6-12-10(17-8)13-7-11(16-2)4-3-5-11/h6H,3-5,7H2,1-2H3,(H,12,13). The van der Waals surface area contributed by atoms with E-state index in [-0.39, 0.29) is 5.97 Å². The lowest BCUT2D eigenvalue weighted by Gasteiger charge is -2.40. The van der Waals surface area contributed by atoms with Crippen LogP contribution in [0, 0.1) is 0 Å². The van der Waals surface area contributed by atoms with E-state index in [9.17, 15) is 4.79 Å². The Morgan fingerprint density at radius 3 is 3.00 bits per heavy atom. The minimum absolute atomic E-state index is 0.321. The fourth-order valence-corrected chi connectivity index (χ4v) is 3.46. The summed E-state index contributed by atoms with van der Waals surface area (Å²) in [6, 6.07) is 0. The lowest BCUT2D eigenvalue weighted by molar-refractivity contribution is 0.0606. The predicted octanol–water partition coefficient (Wildman–Crippen LogP) is 2.63. The zero-order chi connectivity index (χ0) is 12.3. The van der Waals surface area contributed by atoms with Gasteiger partial charge in [-0.15, -0.1) is 0 Å². The first-order valence-electron chi connectivity index (χ1n) is 5.52. The number of ether oxygens (including phenoxy) is 1. The molecule has 17 heavy (non-hydrogen) atoms. The molecule has 0 aromatic carbocycles. The number of thioether (sulfide) groups is 1. The van der Waals surface area contributed by atoms with Crippen LogP contribution < -0.4 is 5.32 Å². The number of thiazole rings is 1. The Bertz CT molecular complexity index is 396. The summed E-state index contributed by atoms with van der Waals surface area (Å²) < 4.78 is 5.02. The largest absolute Gasteiger partial charge is 0.465 e. The molecule has 1 aliphatic carbocycles. The fourth-order valence-electron chi connectivity index (χ4n) is 1.81. The lowest BCUT2D eigenvalue weighted by atomic mass is 9.84. The van der Waals surface area contributed by atoms with Gasteiger partial charge in [0.2, 0.25) is 0 Å². The molecule has 1 saturated carbocycles. The highest BCUT2D eigenvalue weighted by molar-refractivity contribution is 8.00. The van der Waals surface area contributed by atoms with Crippen molar-refractivity contribution in [3.8, 4) is 0 Å². The summed E-state index contributed by atoms with van der Waals surface area (Å²) in [4.78, 5) is 16.0. The van der Waals surface area contributed by atoms with Crippen molar-refractivity contribution in [1.82, 2.24) is 4.98 Å². The second kappa shape index (κ2) is 5.27. The summed E-state index contributed by atoms with van der Waals surface area (Å²) in [5.74, 6) is -0.321. The first-order chi connectivity index (χ1) is 8.19. The monoisotopic (exact) mass is 272 g/mol. The molecular formula is C11H16N2O2S2. The van der Waals surface area contributed by atoms with Crippen LogP contribution in [-0.2, 0) is 4.74 Å². The second-order valence-electron chi connectivity index (χ2n) is 4.12. The van der Waals surface area contributed by atoms with E-state index in [1.54, 1.807) is 6.20 Å². The normalized spacial score (nSPS) is 17.3. The second-order valence-corrected chi connectivity index (χ2v) is 6.42. The lowest BCUT2D eigenvalue weighted by Crippen LogP contribution is -2.40. The molecule has 0 aliphatic heterocycles. The molecule has 1 fully saturated rings. The van der Waals surface area contributed by atoms with Gasteiger partial charge in [0.1, 0.15) is 4.88 Å². The van der Waals surface area contributed by atoms with Gasteiger partial charge in [0.15, 0.2) is 5.13 Å². The zero-order valence-electron chi connectivity index (χ0n) is 9.99. The van der Waals surface area contributed by atoms with E-state index >= 15 is 0 Å². The maximum Gasteiger partial charge on any atom is 0.349 e. The molecule has 2 rings (SSSR count). The number of nitrogens with one attached hydrogen (secondary N) is 1. The third kappa shape index (κ3) is 2.74. The molecule has 0 saturated heterocycles. The van der Waals surface area contributed by atoms with E-state index in [2.05, 4.69) is 21.3 Å². The van der Waals surface area contributed by atoms with Gasteiger partial charge in [-0.2, -0.15) is 11.8 Å². The van der Waals surface area contributed by atoms with Crippen LogP contribution in [0.5, 0.6) is 0 Å². The van der Waals surface area contributed by atoms with Crippen molar-refractivity contribution in [2.75, 3.05) is 25.2 Å². The molecule has 0 spiro atoms. The molecule has 0 radical (unpaired) electrons. The van der Waals surface area contributed by atoms with Crippen LogP contribution in [0.2, 0.25) is 0 Å². The van der Waals surface area contributed by atoms with E-state index in [1.165, 1.54) is 37.7 Å². The molecule has 1 aromatic rings. The minimum atomic E-state index is -0.321. The number of methoxy groups -OCH3 is 1. The van der Waals surface area contributed by atoms with Crippen LogP contribution >= 0.6 is 23.1 Å². The number of carbonyl (C=O) groups excluding carboxylic acids is 1. The smallest absolute Gasteiger partial charge is 0.349 e. The molecule has 4 nitrogen and oxygen atoms in total. The molecule has 1 N–H and O–H groups in total. The number of hydrogen-bond donors (Lipinski definition) is 1. The third-order valence-electron chi connectivity index (χ3n) is 3.15. The zero-order valence-corrected chi connectivity index (χ0v) is 11.6. The number of esters is 1. The third-order valence-corrected chi connectivity index (χ3v) is 5.51. The number of anilines is 1. The number of hydrogen-bond acceptors (Lipinski definition) is 6. The highest BCUT2D eigenvalue weighted by Gasteiger charge is 2.35. The Morgan fingerprint density at radius 1 is 1.71 bits per heavy atom. The molecule has 6 heteroatoms. The molecular weight excluding hydrogens is 256 g/mol. The van der Waals surface area contributed by atoms with Crippen LogP contribution in [0.1, 0.15) is 28.9 Å². The van der Waals surface area contributed by atoms with Crippen molar-refractivity contribution >= 4 is 34.2 Å². The average molecular weight is 272 g/mol. The van der Waals surface area contributed by atoms with Gasteiger partial charge in [0.05, 0.1) is 13.3 Å². The Hall–Kier alpha value is -0.750. The summed E-state index contributed by atoms with van der Waals surface area (Å²) in [6.07, 6.45) is 7.55. The van der Waals surface area contributed by atoms with Gasteiger partial charge in [-0.3, -0.25) is 0 Å². The molecule has 0 bridgehead atoms. The first kappa shape index (κ1) is 12.7. The molecule has 1 aliphatic rings. The Morgan fingerprint density at radius 2 is 2.47 bits per heavy atom. The van der Waals surface area contributed by atoms with Gasteiger partial charge in [-0.1, -0.05) is 17.8 Å². The van der Waals surface area contributed by atoms with E-state index in [0.29, 0.717) is 9.62 Å². The van der Waals surface area contributed by atoms with Gasteiger partial charge in [-0.05, 0) is 19.1 Å². The van der Waals surface area contributed by atoms with Crippen LogP contribution in [0.25, 0.3) is 0 Å². The summed E-state index contributed by atoms with van der Waals surface area (Å²) in [6.45, 7) is 0.919. The molecule has 0 amide bonds. The van der Waals surface area contributed by atoms with Crippen molar-refractivity contribution in [3.05, 3.63) is 11.1 Å². The topological polar surface area (TPSA) is 51.2 Å². The molecule has 1 aromatic heterocycles. The van der Waals surface area contributed by atoms with E-state index in [0.717, 1.165) is 11.7 Å². The van der Waals surface area contributed by atoms with Crippen molar-refractivity contribution < 1.29 is 9.53 Å². The van der Waals surface area contributed by atoms with Gasteiger partial charge in [0, 0.05) is 11.3 Å². The van der Waals surface area contributed by atoms with E-state index in [1.807, 2.05) is 11.8 Å². The molecule has 1 heterocycles. The maximum atomic E-state index is 11.3. The Kier molecular flexibility index (Phi) is 3.93. The van der Waals surface area contributed by atoms with E-state index in [4.69, 9.17) is 0 Å². The van der Waals surface area contributed by atoms with Gasteiger partial charge < -0.3 is 10.1 Å². The van der Waals surface area contributed by atoms with E-state index < -0.39 is 0 Å². The van der Waals surface area contributed by atoms with Crippen molar-refractivity contribution in [2.24, 2.45) is 0 Å². The predicted molar refractivity (Wildman–Crippen MR) is 72.0 cm³/mol. The maximum absolute atomic E-state index is 11.3. The highest BCUT2D eigenvalue weighted by Crippen LogP contribution is 2.42. The molecule has 94 valence electrons. The van der Waals surface area contributed by atoms with Crippen molar-refractivity contribution in [2.45, 2.75) is 24.0 Å². The minimum Gasteiger partial charge on any atom is -0.465 e. The van der Waals surface area contributed by atoms with Crippen LogP contribution in [0.4, 0.5) is 5.13 Å². The summed E-state index contributed by atoms with van der Waals surface area (Å²) in [5, 5.41) is 4.11. The number of rotatable bonds is 5. The average Bonchev–Trinajstić information content (AvgIpc) is 2.76. The quantitative estimate of drug-likeness (QED) is 0.835. The fraction of sp³-hybridized carbons (Fsp3) is 0.636. The molecule has 0 unspecified atom stereocenters. The summed E-state index contributed by atoms with van der Waals surface area (Å²) in [7, 11) is 1.38. The van der Waals surface area contributed by atoms with Gasteiger partial charge >= 0.3 is 5.97 Å². The van der Waals surface area contributed by atoms with Crippen molar-refractivity contribution in [1.29, 1.82) is 0 Å². The number of nitrogens with zero attached hydrogens (tertiary/aromatic N) is 1.